The van der Waals surface area contributed by atoms with Crippen LogP contribution in [-0.2, 0) is 0 Å². The quantitative estimate of drug-likeness (QED) is 0.699. The van der Waals surface area contributed by atoms with Crippen molar-refractivity contribution in [2.24, 2.45) is 0 Å². The van der Waals surface area contributed by atoms with Crippen LogP contribution < -0.4 is 10.2 Å². The lowest BCUT2D eigenvalue weighted by Crippen LogP contribution is -2.43. The van der Waals surface area contributed by atoms with Crippen LogP contribution in [0.25, 0.3) is 0 Å². The Balaban J connectivity index is 2.22. The summed E-state index contributed by atoms with van der Waals surface area (Å²) in [5.74, 6) is 0.395. The van der Waals surface area contributed by atoms with E-state index in [9.17, 15) is 5.11 Å². The Bertz CT molecular complexity index is 319. The molecule has 0 aliphatic carbocycles. The zero-order chi connectivity index (χ0) is 9.97. The van der Waals surface area contributed by atoms with Crippen LogP contribution in [0.5, 0.6) is 5.75 Å². The van der Waals surface area contributed by atoms with Crippen molar-refractivity contribution in [2.75, 3.05) is 31.1 Å². The molecule has 1 aromatic rings. The Morgan fingerprint density at radius 1 is 1.29 bits per heavy atom. The van der Waals surface area contributed by atoms with E-state index in [1.807, 2.05) is 25.1 Å². The third kappa shape index (κ3) is 1.82. The maximum Gasteiger partial charge on any atom is 0.139 e. The summed E-state index contributed by atoms with van der Waals surface area (Å²) in [5, 5.41) is 13.1. The molecular formula is C11H16N2O. The van der Waals surface area contributed by atoms with Gasteiger partial charge >= 0.3 is 0 Å². The van der Waals surface area contributed by atoms with Crippen LogP contribution >= 0.6 is 0 Å². The molecule has 3 heteroatoms. The molecule has 2 rings (SSSR count). The van der Waals surface area contributed by atoms with E-state index in [4.69, 9.17) is 0 Å². The van der Waals surface area contributed by atoms with Crippen molar-refractivity contribution in [2.45, 2.75) is 6.92 Å². The van der Waals surface area contributed by atoms with Gasteiger partial charge in [-0.3, -0.25) is 0 Å². The molecule has 3 nitrogen and oxygen atoms in total. The minimum atomic E-state index is 0.395. The van der Waals surface area contributed by atoms with Crippen LogP contribution in [0.2, 0.25) is 0 Å². The second-order valence-corrected chi connectivity index (χ2v) is 3.73. The van der Waals surface area contributed by atoms with Crippen molar-refractivity contribution >= 4 is 5.69 Å². The lowest BCUT2D eigenvalue weighted by molar-refractivity contribution is 0.470. The SMILES string of the molecule is Cc1ccc(N2CCNCC2)c(O)c1. The van der Waals surface area contributed by atoms with Gasteiger partial charge < -0.3 is 15.3 Å². The number of anilines is 1. The third-order valence-corrected chi connectivity index (χ3v) is 2.59. The first-order valence-electron chi connectivity index (χ1n) is 5.02. The first kappa shape index (κ1) is 9.34. The Hall–Kier alpha value is -1.22. The number of hydrogen-bond acceptors (Lipinski definition) is 3. The van der Waals surface area contributed by atoms with Crippen LogP contribution in [0.1, 0.15) is 5.56 Å². The van der Waals surface area contributed by atoms with Crippen molar-refractivity contribution < 1.29 is 5.11 Å². The maximum absolute atomic E-state index is 9.78. The van der Waals surface area contributed by atoms with Crippen LogP contribution in [0.4, 0.5) is 5.69 Å². The highest BCUT2D eigenvalue weighted by atomic mass is 16.3. The first-order chi connectivity index (χ1) is 6.77. The Kier molecular flexibility index (Phi) is 2.59. The van der Waals surface area contributed by atoms with Crippen molar-refractivity contribution in [3.05, 3.63) is 23.8 Å². The molecule has 0 radical (unpaired) electrons. The molecular weight excluding hydrogens is 176 g/mol. The fourth-order valence-corrected chi connectivity index (χ4v) is 1.81. The zero-order valence-electron chi connectivity index (χ0n) is 8.45. The number of phenolic OH excluding ortho intramolecular Hbond substituents is 1. The Morgan fingerprint density at radius 2 is 2.00 bits per heavy atom. The number of rotatable bonds is 1. The molecule has 0 bridgehead atoms. The minimum absolute atomic E-state index is 0.395. The average Bonchev–Trinajstić information content (AvgIpc) is 2.19. The number of hydrogen-bond donors (Lipinski definition) is 2. The summed E-state index contributed by atoms with van der Waals surface area (Å²) in [5.41, 5.74) is 2.05. The summed E-state index contributed by atoms with van der Waals surface area (Å²) < 4.78 is 0. The molecule has 1 heterocycles. The van der Waals surface area contributed by atoms with E-state index in [0.29, 0.717) is 5.75 Å². The summed E-state index contributed by atoms with van der Waals surface area (Å²) in [4.78, 5) is 2.21. The van der Waals surface area contributed by atoms with E-state index in [0.717, 1.165) is 37.4 Å². The lowest BCUT2D eigenvalue weighted by atomic mass is 10.2. The van der Waals surface area contributed by atoms with Gasteiger partial charge in [-0.25, -0.2) is 0 Å². The molecule has 0 amide bonds. The van der Waals surface area contributed by atoms with Gasteiger partial charge in [0.25, 0.3) is 0 Å². The van der Waals surface area contributed by atoms with E-state index < -0.39 is 0 Å². The standard InChI is InChI=1S/C11H16N2O/c1-9-2-3-10(11(14)8-9)13-6-4-12-5-7-13/h2-3,8,12,14H,4-7H2,1H3. The van der Waals surface area contributed by atoms with Gasteiger partial charge in [-0.15, -0.1) is 0 Å². The summed E-state index contributed by atoms with van der Waals surface area (Å²) in [6, 6.07) is 5.85. The van der Waals surface area contributed by atoms with Gasteiger partial charge in [-0.2, -0.15) is 0 Å². The molecule has 0 unspecified atom stereocenters. The highest BCUT2D eigenvalue weighted by Crippen LogP contribution is 2.27. The fourth-order valence-electron chi connectivity index (χ4n) is 1.81. The van der Waals surface area contributed by atoms with E-state index in [1.165, 1.54) is 0 Å². The van der Waals surface area contributed by atoms with Gasteiger partial charge in [0.1, 0.15) is 5.75 Å². The van der Waals surface area contributed by atoms with Gasteiger partial charge in [0.15, 0.2) is 0 Å². The van der Waals surface area contributed by atoms with Crippen LogP contribution in [0, 0.1) is 6.92 Å². The molecule has 1 fully saturated rings. The second kappa shape index (κ2) is 3.88. The van der Waals surface area contributed by atoms with E-state index in [2.05, 4.69) is 10.2 Å². The van der Waals surface area contributed by atoms with Crippen LogP contribution in [0.15, 0.2) is 18.2 Å². The van der Waals surface area contributed by atoms with Gasteiger partial charge in [-0.1, -0.05) is 6.07 Å². The number of aromatic hydroxyl groups is 1. The molecule has 0 aromatic heterocycles. The minimum Gasteiger partial charge on any atom is -0.506 e. The highest BCUT2D eigenvalue weighted by Gasteiger charge is 2.13. The summed E-state index contributed by atoms with van der Waals surface area (Å²) >= 11 is 0. The largest absolute Gasteiger partial charge is 0.506 e. The maximum atomic E-state index is 9.78. The molecule has 1 aliphatic rings. The van der Waals surface area contributed by atoms with Gasteiger partial charge in [0, 0.05) is 26.2 Å². The van der Waals surface area contributed by atoms with Crippen molar-refractivity contribution in [1.29, 1.82) is 0 Å². The average molecular weight is 192 g/mol. The molecule has 14 heavy (non-hydrogen) atoms. The summed E-state index contributed by atoms with van der Waals surface area (Å²) in [7, 11) is 0. The summed E-state index contributed by atoms with van der Waals surface area (Å²) in [6.07, 6.45) is 0. The molecule has 76 valence electrons. The van der Waals surface area contributed by atoms with Gasteiger partial charge in [0.05, 0.1) is 5.69 Å². The number of benzene rings is 1. The molecule has 1 aromatic carbocycles. The first-order valence-corrected chi connectivity index (χ1v) is 5.02. The number of phenols is 1. The smallest absolute Gasteiger partial charge is 0.139 e. The Morgan fingerprint density at radius 3 is 2.64 bits per heavy atom. The number of nitrogens with one attached hydrogen (secondary N) is 1. The number of aryl methyl sites for hydroxylation is 1. The monoisotopic (exact) mass is 192 g/mol. The predicted octanol–water partition coefficient (Wildman–Crippen LogP) is 1.11. The zero-order valence-corrected chi connectivity index (χ0v) is 8.45. The van der Waals surface area contributed by atoms with E-state index in [1.54, 1.807) is 0 Å². The molecule has 0 atom stereocenters. The van der Waals surface area contributed by atoms with Crippen molar-refractivity contribution in [3.8, 4) is 5.75 Å². The van der Waals surface area contributed by atoms with Crippen LogP contribution in [-0.4, -0.2) is 31.3 Å². The number of nitrogens with zero attached hydrogens (tertiary/aromatic N) is 1. The van der Waals surface area contributed by atoms with Crippen LogP contribution in [0.3, 0.4) is 0 Å². The van der Waals surface area contributed by atoms with Gasteiger partial charge in [0.2, 0.25) is 0 Å². The highest BCUT2D eigenvalue weighted by molar-refractivity contribution is 5.59. The normalized spacial score (nSPS) is 17.1. The van der Waals surface area contributed by atoms with Gasteiger partial charge in [-0.05, 0) is 24.6 Å². The lowest BCUT2D eigenvalue weighted by Gasteiger charge is -2.29. The van der Waals surface area contributed by atoms with E-state index in [-0.39, 0.29) is 0 Å². The van der Waals surface area contributed by atoms with Crippen molar-refractivity contribution in [1.82, 2.24) is 5.32 Å². The van der Waals surface area contributed by atoms with E-state index >= 15 is 0 Å². The molecule has 0 spiro atoms. The predicted molar refractivity (Wildman–Crippen MR) is 57.9 cm³/mol. The molecule has 0 saturated carbocycles. The van der Waals surface area contributed by atoms with Crippen molar-refractivity contribution in [3.63, 3.8) is 0 Å². The number of piperazine rings is 1. The Labute approximate surface area is 84.4 Å². The fraction of sp³-hybridized carbons (Fsp3) is 0.455. The summed E-state index contributed by atoms with van der Waals surface area (Å²) in [6.45, 7) is 5.91. The molecule has 2 N–H and O–H groups in total. The topological polar surface area (TPSA) is 35.5 Å². The third-order valence-electron chi connectivity index (χ3n) is 2.59. The second-order valence-electron chi connectivity index (χ2n) is 3.73. The molecule has 1 aliphatic heterocycles. The molecule has 1 saturated heterocycles.